The van der Waals surface area contributed by atoms with Crippen molar-refractivity contribution in [3.63, 3.8) is 0 Å². The topological polar surface area (TPSA) is 20.3 Å². The molecule has 1 aromatic carbocycles. The Morgan fingerprint density at radius 2 is 1.86 bits per heavy atom. The second kappa shape index (κ2) is 7.10. The highest BCUT2D eigenvalue weighted by Gasteiger charge is 2.42. The average Bonchev–Trinajstić information content (AvgIpc) is 2.78. The van der Waals surface area contributed by atoms with E-state index in [0.29, 0.717) is 23.7 Å². The zero-order valence-electron chi connectivity index (χ0n) is 12.5. The van der Waals surface area contributed by atoms with Gasteiger partial charge in [-0.25, -0.2) is 0 Å². The maximum absolute atomic E-state index is 12.5. The number of thioether (sulfide) groups is 2. The monoisotopic (exact) mass is 321 g/mol. The molecule has 2 atom stereocenters. The summed E-state index contributed by atoms with van der Waals surface area (Å²) in [6.07, 6.45) is 7.05. The number of benzene rings is 1. The van der Waals surface area contributed by atoms with Gasteiger partial charge in [-0.15, -0.1) is 11.8 Å². The van der Waals surface area contributed by atoms with Crippen molar-refractivity contribution in [3.05, 3.63) is 35.9 Å². The van der Waals surface area contributed by atoms with Crippen molar-refractivity contribution in [1.29, 1.82) is 0 Å². The molecule has 2 unspecified atom stereocenters. The molecule has 0 spiro atoms. The Hall–Kier alpha value is -0.610. The van der Waals surface area contributed by atoms with E-state index in [1.54, 1.807) is 11.8 Å². The minimum atomic E-state index is 0.364. The lowest BCUT2D eigenvalue weighted by molar-refractivity contribution is -0.132. The van der Waals surface area contributed by atoms with Gasteiger partial charge in [0, 0.05) is 23.1 Å². The van der Waals surface area contributed by atoms with Crippen molar-refractivity contribution in [1.82, 2.24) is 4.90 Å². The summed E-state index contributed by atoms with van der Waals surface area (Å²) in [5.74, 6) is 1.93. The molecule has 2 bridgehead atoms. The lowest BCUT2D eigenvalue weighted by Crippen LogP contribution is -2.48. The Labute approximate surface area is 136 Å². The summed E-state index contributed by atoms with van der Waals surface area (Å²) in [7, 11) is 0. The first-order chi connectivity index (χ1) is 10.3. The van der Waals surface area contributed by atoms with E-state index in [1.165, 1.54) is 31.2 Å². The van der Waals surface area contributed by atoms with Crippen LogP contribution in [0.3, 0.4) is 0 Å². The third-order valence-electron chi connectivity index (χ3n) is 4.65. The highest BCUT2D eigenvalue weighted by molar-refractivity contribution is 7.99. The number of hydrogen-bond acceptors (Lipinski definition) is 3. The minimum absolute atomic E-state index is 0.364. The van der Waals surface area contributed by atoms with E-state index in [0.717, 1.165) is 11.0 Å². The van der Waals surface area contributed by atoms with Crippen LogP contribution in [0, 0.1) is 0 Å². The van der Waals surface area contributed by atoms with E-state index < -0.39 is 0 Å². The van der Waals surface area contributed by atoms with E-state index in [2.05, 4.69) is 35.4 Å². The van der Waals surface area contributed by atoms with Gasteiger partial charge in [-0.3, -0.25) is 4.79 Å². The lowest BCUT2D eigenvalue weighted by atomic mass is 10.0. The Balaban J connectivity index is 1.50. The third kappa shape index (κ3) is 3.59. The number of carbonyl (C=O) groups is 1. The average molecular weight is 322 g/mol. The molecular weight excluding hydrogens is 298 g/mol. The molecule has 1 aromatic rings. The van der Waals surface area contributed by atoms with Crippen LogP contribution < -0.4 is 0 Å². The first-order valence-corrected chi connectivity index (χ1v) is 10.2. The van der Waals surface area contributed by atoms with Gasteiger partial charge in [0.1, 0.15) is 0 Å². The Bertz CT molecular complexity index is 465. The maximum Gasteiger partial charge on any atom is 0.233 e. The number of carbonyl (C=O) groups excluding carboxylic acids is 1. The molecule has 114 valence electrons. The number of amides is 1. The van der Waals surface area contributed by atoms with Crippen molar-refractivity contribution in [2.24, 2.45) is 0 Å². The smallest absolute Gasteiger partial charge is 0.233 e. The van der Waals surface area contributed by atoms with Crippen LogP contribution in [0.1, 0.15) is 31.2 Å². The van der Waals surface area contributed by atoms with Crippen LogP contribution in [0.2, 0.25) is 0 Å². The van der Waals surface area contributed by atoms with Crippen LogP contribution in [-0.2, 0) is 10.5 Å². The normalized spacial score (nSPS) is 27.9. The second-order valence-corrected chi connectivity index (χ2v) is 8.12. The SMILES string of the molecule is CSC1CC2CCC(C1)N2C(=O)CSCc1ccccc1. The van der Waals surface area contributed by atoms with E-state index in [9.17, 15) is 4.79 Å². The third-order valence-corrected chi connectivity index (χ3v) is 6.69. The molecule has 0 radical (unpaired) electrons. The summed E-state index contributed by atoms with van der Waals surface area (Å²) in [4.78, 5) is 14.8. The first kappa shape index (κ1) is 15.3. The largest absolute Gasteiger partial charge is 0.336 e. The fraction of sp³-hybridized carbons (Fsp3) is 0.588. The van der Waals surface area contributed by atoms with Crippen molar-refractivity contribution in [2.75, 3.05) is 12.0 Å². The highest BCUT2D eigenvalue weighted by Crippen LogP contribution is 2.39. The molecule has 2 heterocycles. The molecule has 0 aromatic heterocycles. The number of nitrogens with zero attached hydrogens (tertiary/aromatic N) is 1. The minimum Gasteiger partial charge on any atom is -0.336 e. The predicted molar refractivity (Wildman–Crippen MR) is 92.8 cm³/mol. The van der Waals surface area contributed by atoms with Gasteiger partial charge in [0.05, 0.1) is 5.75 Å². The van der Waals surface area contributed by atoms with Crippen molar-refractivity contribution < 1.29 is 4.79 Å². The van der Waals surface area contributed by atoms with Crippen molar-refractivity contribution in [2.45, 2.75) is 48.8 Å². The Kier molecular flexibility index (Phi) is 5.17. The molecule has 0 N–H and O–H groups in total. The molecule has 2 aliphatic rings. The van der Waals surface area contributed by atoms with Crippen LogP contribution in [0.4, 0.5) is 0 Å². The summed E-state index contributed by atoms with van der Waals surface area (Å²) >= 11 is 3.73. The molecular formula is C17H23NOS2. The summed E-state index contributed by atoms with van der Waals surface area (Å²) in [5, 5.41) is 0.767. The van der Waals surface area contributed by atoms with Gasteiger partial charge in [0.2, 0.25) is 5.91 Å². The summed E-state index contributed by atoms with van der Waals surface area (Å²) in [6, 6.07) is 11.5. The zero-order valence-corrected chi connectivity index (χ0v) is 14.2. The van der Waals surface area contributed by atoms with Crippen molar-refractivity contribution >= 4 is 29.4 Å². The van der Waals surface area contributed by atoms with Gasteiger partial charge in [0.15, 0.2) is 0 Å². The molecule has 2 fully saturated rings. The van der Waals surface area contributed by atoms with E-state index >= 15 is 0 Å². The van der Waals surface area contributed by atoms with Gasteiger partial charge in [0.25, 0.3) is 0 Å². The van der Waals surface area contributed by atoms with Crippen molar-refractivity contribution in [3.8, 4) is 0 Å². The second-order valence-electron chi connectivity index (χ2n) is 5.99. The molecule has 2 aliphatic heterocycles. The molecule has 1 amide bonds. The molecule has 4 heteroatoms. The highest BCUT2D eigenvalue weighted by atomic mass is 32.2. The molecule has 0 aliphatic carbocycles. The summed E-state index contributed by atoms with van der Waals surface area (Å²) in [6.45, 7) is 0. The van der Waals surface area contributed by atoms with Crippen LogP contribution in [-0.4, -0.2) is 40.1 Å². The van der Waals surface area contributed by atoms with Crippen LogP contribution in [0.5, 0.6) is 0 Å². The fourth-order valence-electron chi connectivity index (χ4n) is 3.63. The Morgan fingerprint density at radius 1 is 1.19 bits per heavy atom. The van der Waals surface area contributed by atoms with Crippen LogP contribution in [0.15, 0.2) is 30.3 Å². The number of fused-ring (bicyclic) bond motifs is 2. The van der Waals surface area contributed by atoms with Gasteiger partial charge in [-0.1, -0.05) is 30.3 Å². The van der Waals surface area contributed by atoms with E-state index in [1.807, 2.05) is 17.8 Å². The molecule has 0 saturated carbocycles. The standard InChI is InChI=1S/C17H23NOS2/c1-20-16-9-14-7-8-15(10-16)18(14)17(19)12-21-11-13-5-3-2-4-6-13/h2-6,14-16H,7-12H2,1H3. The summed E-state index contributed by atoms with van der Waals surface area (Å²) < 4.78 is 0. The van der Waals surface area contributed by atoms with Gasteiger partial charge < -0.3 is 4.90 Å². The number of piperidine rings is 1. The quantitative estimate of drug-likeness (QED) is 0.822. The number of hydrogen-bond donors (Lipinski definition) is 0. The zero-order chi connectivity index (χ0) is 14.7. The maximum atomic E-state index is 12.5. The molecule has 3 rings (SSSR count). The first-order valence-electron chi connectivity index (χ1n) is 7.73. The lowest BCUT2D eigenvalue weighted by Gasteiger charge is -2.38. The Morgan fingerprint density at radius 3 is 2.48 bits per heavy atom. The molecule has 2 nitrogen and oxygen atoms in total. The van der Waals surface area contributed by atoms with Gasteiger partial charge in [-0.2, -0.15) is 11.8 Å². The van der Waals surface area contributed by atoms with E-state index in [4.69, 9.17) is 0 Å². The van der Waals surface area contributed by atoms with Crippen LogP contribution in [0.25, 0.3) is 0 Å². The van der Waals surface area contributed by atoms with E-state index in [-0.39, 0.29) is 0 Å². The molecule has 2 saturated heterocycles. The fourth-order valence-corrected chi connectivity index (χ4v) is 5.31. The molecule has 21 heavy (non-hydrogen) atoms. The van der Waals surface area contributed by atoms with Gasteiger partial charge >= 0.3 is 0 Å². The van der Waals surface area contributed by atoms with Crippen LogP contribution >= 0.6 is 23.5 Å². The predicted octanol–water partition coefficient (Wildman–Crippen LogP) is 3.80. The summed E-state index contributed by atoms with van der Waals surface area (Å²) in [5.41, 5.74) is 1.30. The number of rotatable bonds is 5. The van der Waals surface area contributed by atoms with Gasteiger partial charge in [-0.05, 0) is 37.5 Å².